The Hall–Kier alpha value is -2.82. The number of carbonyl (C=O) groups excluding carboxylic acids is 1. The summed E-state index contributed by atoms with van der Waals surface area (Å²) in [6.45, 7) is 0.222. The number of methoxy groups -OCH3 is 1. The summed E-state index contributed by atoms with van der Waals surface area (Å²) >= 11 is 0. The molecule has 1 amide bonds. The van der Waals surface area contributed by atoms with Crippen LogP contribution in [0.15, 0.2) is 54.6 Å². The highest BCUT2D eigenvalue weighted by molar-refractivity contribution is 5.95. The van der Waals surface area contributed by atoms with Gasteiger partial charge in [0.25, 0.3) is 5.91 Å². The van der Waals surface area contributed by atoms with Gasteiger partial charge >= 0.3 is 5.97 Å². The molecule has 5 nitrogen and oxygen atoms in total. The molecule has 0 radical (unpaired) electrons. The Morgan fingerprint density at radius 3 is 2.32 bits per heavy atom. The predicted molar refractivity (Wildman–Crippen MR) is 93.6 cm³/mol. The molecule has 25 heavy (non-hydrogen) atoms. The van der Waals surface area contributed by atoms with Crippen molar-refractivity contribution in [2.45, 2.75) is 18.9 Å². The fraction of sp³-hybridized carbons (Fsp3) is 0.300. The molecular weight excluding hydrogens is 318 g/mol. The Kier molecular flexibility index (Phi) is 5.03. The van der Waals surface area contributed by atoms with E-state index in [2.05, 4.69) is 0 Å². The van der Waals surface area contributed by atoms with Gasteiger partial charge in [0.2, 0.25) is 0 Å². The summed E-state index contributed by atoms with van der Waals surface area (Å²) in [6, 6.07) is 16.6. The molecule has 1 fully saturated rings. The van der Waals surface area contributed by atoms with Gasteiger partial charge in [-0.05, 0) is 42.7 Å². The Morgan fingerprint density at radius 2 is 1.72 bits per heavy atom. The van der Waals surface area contributed by atoms with Gasteiger partial charge in [-0.25, -0.2) is 0 Å². The second kappa shape index (κ2) is 7.38. The van der Waals surface area contributed by atoms with Crippen molar-refractivity contribution in [2.75, 3.05) is 13.7 Å². The maximum absolute atomic E-state index is 13.0. The van der Waals surface area contributed by atoms with Gasteiger partial charge in [0.1, 0.15) is 5.75 Å². The fourth-order valence-corrected chi connectivity index (χ4v) is 3.32. The first-order valence-corrected chi connectivity index (χ1v) is 8.33. The van der Waals surface area contributed by atoms with Crippen LogP contribution in [0.3, 0.4) is 0 Å². The van der Waals surface area contributed by atoms with E-state index in [1.165, 1.54) is 0 Å². The van der Waals surface area contributed by atoms with Crippen molar-refractivity contribution < 1.29 is 19.4 Å². The van der Waals surface area contributed by atoms with Crippen molar-refractivity contribution >= 4 is 11.9 Å². The van der Waals surface area contributed by atoms with Gasteiger partial charge in [-0.15, -0.1) is 0 Å². The van der Waals surface area contributed by atoms with Crippen LogP contribution in [0.25, 0.3) is 0 Å². The predicted octanol–water partition coefficient (Wildman–Crippen LogP) is 3.37. The average Bonchev–Trinajstić information content (AvgIpc) is 2.67. The van der Waals surface area contributed by atoms with Gasteiger partial charge in [-0.1, -0.05) is 30.3 Å². The Morgan fingerprint density at radius 1 is 1.04 bits per heavy atom. The quantitative estimate of drug-likeness (QED) is 0.927. The average molecular weight is 339 g/mol. The lowest BCUT2D eigenvalue weighted by atomic mass is 9.88. The molecule has 0 saturated carbocycles. The lowest BCUT2D eigenvalue weighted by Crippen LogP contribution is -2.44. The van der Waals surface area contributed by atoms with Gasteiger partial charge in [0, 0.05) is 12.1 Å². The smallest absolute Gasteiger partial charge is 0.308 e. The van der Waals surface area contributed by atoms with Gasteiger partial charge in [0.15, 0.2) is 0 Å². The first kappa shape index (κ1) is 17.0. The third-order valence-electron chi connectivity index (χ3n) is 4.71. The Bertz CT molecular complexity index is 742. The van der Waals surface area contributed by atoms with E-state index < -0.39 is 11.9 Å². The zero-order valence-electron chi connectivity index (χ0n) is 14.1. The van der Waals surface area contributed by atoms with E-state index in [9.17, 15) is 14.7 Å². The lowest BCUT2D eigenvalue weighted by molar-refractivity contribution is -0.143. The first-order chi connectivity index (χ1) is 12.1. The molecular formula is C20H21NO4. The molecule has 1 saturated heterocycles. The maximum Gasteiger partial charge on any atom is 0.308 e. The molecule has 0 aromatic heterocycles. The second-order valence-electron chi connectivity index (χ2n) is 6.23. The summed E-state index contributed by atoms with van der Waals surface area (Å²) in [5.41, 5.74) is 1.57. The van der Waals surface area contributed by atoms with E-state index >= 15 is 0 Å². The summed E-state index contributed by atoms with van der Waals surface area (Å²) in [5, 5.41) is 9.38. The molecule has 0 unspecified atom stereocenters. The van der Waals surface area contributed by atoms with E-state index in [0.717, 1.165) is 5.56 Å². The van der Waals surface area contributed by atoms with Crippen LogP contribution in [-0.4, -0.2) is 35.5 Å². The van der Waals surface area contributed by atoms with Crippen molar-refractivity contribution in [3.8, 4) is 5.75 Å². The topological polar surface area (TPSA) is 66.8 Å². The summed E-state index contributed by atoms with van der Waals surface area (Å²) in [6.07, 6.45) is 1.21. The molecule has 130 valence electrons. The zero-order chi connectivity index (χ0) is 17.8. The number of ether oxygens (including phenoxy) is 1. The SMILES string of the molecule is COc1ccc(C(=O)N2C[C@@H](C(=O)O)CC[C@@H]2c2ccccc2)cc1. The monoisotopic (exact) mass is 339 g/mol. The summed E-state index contributed by atoms with van der Waals surface area (Å²) in [5.74, 6) is -0.845. The molecule has 0 spiro atoms. The fourth-order valence-electron chi connectivity index (χ4n) is 3.32. The first-order valence-electron chi connectivity index (χ1n) is 8.33. The van der Waals surface area contributed by atoms with Crippen molar-refractivity contribution in [3.05, 3.63) is 65.7 Å². The van der Waals surface area contributed by atoms with E-state index in [1.54, 1.807) is 36.3 Å². The van der Waals surface area contributed by atoms with Crippen LogP contribution in [0.2, 0.25) is 0 Å². The lowest BCUT2D eigenvalue weighted by Gasteiger charge is -2.38. The number of carbonyl (C=O) groups is 2. The third kappa shape index (κ3) is 3.65. The van der Waals surface area contributed by atoms with Crippen LogP contribution >= 0.6 is 0 Å². The maximum atomic E-state index is 13.0. The molecule has 1 aliphatic heterocycles. The number of rotatable bonds is 4. The standard InChI is InChI=1S/C20H21NO4/c1-25-17-10-7-15(8-11-17)19(22)21-13-16(20(23)24)9-12-18(21)14-5-3-2-4-6-14/h2-8,10-11,16,18H,9,12-13H2,1H3,(H,23,24)/t16-,18+/m0/s1. The number of aliphatic carboxylic acids is 1. The molecule has 1 heterocycles. The number of carboxylic acids is 1. The van der Waals surface area contributed by atoms with Crippen LogP contribution in [0.5, 0.6) is 5.75 Å². The number of likely N-dealkylation sites (tertiary alicyclic amines) is 1. The van der Waals surface area contributed by atoms with Crippen LogP contribution in [0, 0.1) is 5.92 Å². The second-order valence-corrected chi connectivity index (χ2v) is 6.23. The van der Waals surface area contributed by atoms with Crippen LogP contribution in [0.1, 0.15) is 34.8 Å². The van der Waals surface area contributed by atoms with E-state index in [-0.39, 0.29) is 18.5 Å². The molecule has 5 heteroatoms. The number of hydrogen-bond acceptors (Lipinski definition) is 3. The Balaban J connectivity index is 1.90. The molecule has 3 rings (SSSR count). The summed E-state index contributed by atoms with van der Waals surface area (Å²) < 4.78 is 5.13. The van der Waals surface area contributed by atoms with Gasteiger partial charge < -0.3 is 14.7 Å². The van der Waals surface area contributed by atoms with Crippen molar-refractivity contribution in [2.24, 2.45) is 5.92 Å². The molecule has 1 N–H and O–H groups in total. The number of amides is 1. The highest BCUT2D eigenvalue weighted by Gasteiger charge is 2.35. The summed E-state index contributed by atoms with van der Waals surface area (Å²) in [7, 11) is 1.57. The molecule has 2 aromatic rings. The third-order valence-corrected chi connectivity index (χ3v) is 4.71. The number of carboxylic acid groups (broad SMARTS) is 1. The Labute approximate surface area is 146 Å². The highest BCUT2D eigenvalue weighted by atomic mass is 16.5. The number of nitrogens with zero attached hydrogens (tertiary/aromatic N) is 1. The van der Waals surface area contributed by atoms with E-state index in [4.69, 9.17) is 4.74 Å². The molecule has 2 aromatic carbocycles. The van der Waals surface area contributed by atoms with Gasteiger partial charge in [-0.3, -0.25) is 9.59 Å². The minimum Gasteiger partial charge on any atom is -0.497 e. The largest absolute Gasteiger partial charge is 0.497 e. The number of piperidine rings is 1. The minimum absolute atomic E-state index is 0.105. The van der Waals surface area contributed by atoms with Crippen LogP contribution in [0.4, 0.5) is 0 Å². The minimum atomic E-state index is -0.848. The highest BCUT2D eigenvalue weighted by Crippen LogP contribution is 2.34. The molecule has 0 bridgehead atoms. The van der Waals surface area contributed by atoms with Gasteiger partial charge in [0.05, 0.1) is 19.1 Å². The summed E-state index contributed by atoms with van der Waals surface area (Å²) in [4.78, 5) is 26.2. The molecule has 0 aliphatic carbocycles. The normalized spacial score (nSPS) is 20.1. The number of benzene rings is 2. The van der Waals surface area contributed by atoms with Crippen molar-refractivity contribution in [1.29, 1.82) is 0 Å². The van der Waals surface area contributed by atoms with Gasteiger partial charge in [-0.2, -0.15) is 0 Å². The van der Waals surface area contributed by atoms with Crippen molar-refractivity contribution in [1.82, 2.24) is 4.90 Å². The van der Waals surface area contributed by atoms with E-state index in [0.29, 0.717) is 24.2 Å². The number of hydrogen-bond donors (Lipinski definition) is 1. The molecule has 1 aliphatic rings. The van der Waals surface area contributed by atoms with Crippen molar-refractivity contribution in [3.63, 3.8) is 0 Å². The van der Waals surface area contributed by atoms with Crippen LogP contribution < -0.4 is 4.74 Å². The van der Waals surface area contributed by atoms with E-state index in [1.807, 2.05) is 30.3 Å². The zero-order valence-corrected chi connectivity index (χ0v) is 14.1. The molecule has 2 atom stereocenters. The van der Waals surface area contributed by atoms with Crippen LogP contribution in [-0.2, 0) is 4.79 Å².